The third-order valence-electron chi connectivity index (χ3n) is 2.82. The molecule has 2 rings (SSSR count). The highest BCUT2D eigenvalue weighted by molar-refractivity contribution is 6.32. The van der Waals surface area contributed by atoms with Crippen molar-refractivity contribution in [2.24, 2.45) is 0 Å². The average Bonchev–Trinajstić information content (AvgIpc) is 2.32. The summed E-state index contributed by atoms with van der Waals surface area (Å²) in [4.78, 5) is 0. The molecule has 1 heterocycles. The van der Waals surface area contributed by atoms with Crippen LogP contribution in [0.1, 0.15) is 16.9 Å². The van der Waals surface area contributed by atoms with Crippen molar-refractivity contribution in [3.05, 3.63) is 52.2 Å². The van der Waals surface area contributed by atoms with Gasteiger partial charge in [0.15, 0.2) is 0 Å². The van der Waals surface area contributed by atoms with Crippen LogP contribution in [-0.2, 0) is 0 Å². The van der Waals surface area contributed by atoms with E-state index >= 15 is 0 Å². The fourth-order valence-corrected chi connectivity index (χ4v) is 1.93. The molecule has 0 saturated carbocycles. The molecule has 0 radical (unpaired) electrons. The van der Waals surface area contributed by atoms with Crippen molar-refractivity contribution in [3.63, 3.8) is 0 Å². The van der Waals surface area contributed by atoms with Gasteiger partial charge in [-0.25, -0.2) is 4.42 Å². The van der Waals surface area contributed by atoms with Gasteiger partial charge < -0.3 is 0 Å². The first-order valence-corrected chi connectivity index (χ1v) is 5.64. The number of hydrogen-bond acceptors (Lipinski definition) is 0. The number of hydrogen-bond donors (Lipinski definition) is 0. The van der Waals surface area contributed by atoms with Gasteiger partial charge in [0.25, 0.3) is 0 Å². The molecule has 0 aliphatic heterocycles. The van der Waals surface area contributed by atoms with Crippen LogP contribution in [0, 0.1) is 20.8 Å². The molecule has 2 heteroatoms. The Bertz CT molecular complexity index is 518. The van der Waals surface area contributed by atoms with Crippen molar-refractivity contribution in [1.82, 2.24) is 0 Å². The van der Waals surface area contributed by atoms with Crippen LogP contribution in [0.5, 0.6) is 0 Å². The lowest BCUT2D eigenvalue weighted by Crippen LogP contribution is -1.91. The molecule has 0 aliphatic rings. The average molecular weight is 234 g/mol. The highest BCUT2D eigenvalue weighted by Gasteiger charge is 2.23. The summed E-state index contributed by atoms with van der Waals surface area (Å²) in [5.74, 6) is 1.73. The molecule has 0 atom stereocenters. The van der Waals surface area contributed by atoms with E-state index in [1.54, 1.807) is 0 Å². The first-order chi connectivity index (χ1) is 7.61. The summed E-state index contributed by atoms with van der Waals surface area (Å²) in [6, 6.07) is 10.0. The Kier molecular flexibility index (Phi) is 2.97. The van der Waals surface area contributed by atoms with E-state index in [0.717, 1.165) is 33.2 Å². The number of benzene rings is 1. The lowest BCUT2D eigenvalue weighted by molar-refractivity contribution is 0.522. The molecule has 0 bridgehead atoms. The Morgan fingerprint density at radius 2 is 1.56 bits per heavy atom. The lowest BCUT2D eigenvalue weighted by atomic mass is 10.1. The minimum atomic E-state index is 0.794. The summed E-state index contributed by atoms with van der Waals surface area (Å²) < 4.78 is 5.82. The highest BCUT2D eigenvalue weighted by Crippen LogP contribution is 2.32. The van der Waals surface area contributed by atoms with Gasteiger partial charge in [-0.15, -0.1) is 0 Å². The molecule has 1 aromatic carbocycles. The summed E-state index contributed by atoms with van der Waals surface area (Å²) >= 11 is 6.28. The molecule has 0 unspecified atom stereocenters. The maximum absolute atomic E-state index is 6.28. The van der Waals surface area contributed by atoms with Crippen molar-refractivity contribution in [3.8, 4) is 11.3 Å². The second-order valence-corrected chi connectivity index (χ2v) is 4.30. The van der Waals surface area contributed by atoms with E-state index in [1.165, 1.54) is 0 Å². The summed E-state index contributed by atoms with van der Waals surface area (Å²) in [6.07, 6.45) is 0. The zero-order valence-corrected chi connectivity index (χ0v) is 10.4. The topological polar surface area (TPSA) is 11.3 Å². The fraction of sp³-hybridized carbons (Fsp3) is 0.214. The first kappa shape index (κ1) is 11.2. The molecular formula is C14H14ClO+. The Hall–Kier alpha value is -1.34. The van der Waals surface area contributed by atoms with Crippen molar-refractivity contribution in [2.75, 3.05) is 0 Å². The molecule has 0 saturated heterocycles. The van der Waals surface area contributed by atoms with Crippen molar-refractivity contribution >= 4 is 11.6 Å². The smallest absolute Gasteiger partial charge is 0.212 e. The van der Waals surface area contributed by atoms with Crippen molar-refractivity contribution in [2.45, 2.75) is 20.8 Å². The summed E-state index contributed by atoms with van der Waals surface area (Å²) in [5.41, 5.74) is 3.07. The Morgan fingerprint density at radius 1 is 0.938 bits per heavy atom. The molecule has 16 heavy (non-hydrogen) atoms. The number of aryl methyl sites for hydroxylation is 1. The molecule has 1 nitrogen and oxygen atoms in total. The zero-order valence-electron chi connectivity index (χ0n) is 9.67. The molecule has 2 aromatic rings. The van der Waals surface area contributed by atoms with Gasteiger partial charge in [-0.2, -0.15) is 0 Å². The second kappa shape index (κ2) is 4.26. The minimum absolute atomic E-state index is 0.794. The van der Waals surface area contributed by atoms with Gasteiger partial charge in [-0.3, -0.25) is 0 Å². The third-order valence-corrected chi connectivity index (χ3v) is 3.39. The quantitative estimate of drug-likeness (QED) is 0.644. The van der Waals surface area contributed by atoms with Gasteiger partial charge in [-0.1, -0.05) is 29.8 Å². The molecule has 0 aliphatic carbocycles. The fourth-order valence-electron chi connectivity index (χ4n) is 1.71. The SMILES string of the molecule is Cc1[o+]c(-c2ccccc2)c(C)c(Cl)c1C. The van der Waals surface area contributed by atoms with Crippen LogP contribution in [0.25, 0.3) is 11.3 Å². The Balaban J connectivity index is 2.68. The van der Waals surface area contributed by atoms with E-state index in [1.807, 2.05) is 51.1 Å². The maximum atomic E-state index is 6.28. The Morgan fingerprint density at radius 3 is 2.19 bits per heavy atom. The van der Waals surface area contributed by atoms with Gasteiger partial charge in [0.05, 0.1) is 28.6 Å². The highest BCUT2D eigenvalue weighted by atomic mass is 35.5. The van der Waals surface area contributed by atoms with E-state index in [4.69, 9.17) is 16.0 Å². The molecule has 0 fully saturated rings. The normalized spacial score (nSPS) is 10.5. The minimum Gasteiger partial charge on any atom is -0.212 e. The largest absolute Gasteiger partial charge is 0.364 e. The predicted octanol–water partition coefficient (Wildman–Crippen LogP) is 4.81. The molecule has 1 aromatic heterocycles. The lowest BCUT2D eigenvalue weighted by Gasteiger charge is -2.01. The molecule has 0 amide bonds. The van der Waals surface area contributed by atoms with Crippen molar-refractivity contribution < 1.29 is 4.42 Å². The van der Waals surface area contributed by atoms with Crippen LogP contribution in [0.3, 0.4) is 0 Å². The summed E-state index contributed by atoms with van der Waals surface area (Å²) in [7, 11) is 0. The first-order valence-electron chi connectivity index (χ1n) is 5.26. The molecule has 0 N–H and O–H groups in total. The molecule has 82 valence electrons. The monoisotopic (exact) mass is 233 g/mol. The van der Waals surface area contributed by atoms with E-state index in [9.17, 15) is 0 Å². The zero-order chi connectivity index (χ0) is 11.7. The second-order valence-electron chi connectivity index (χ2n) is 3.92. The van der Waals surface area contributed by atoms with Crippen LogP contribution in [-0.4, -0.2) is 0 Å². The van der Waals surface area contributed by atoms with Gasteiger partial charge in [0.1, 0.15) is 0 Å². The van der Waals surface area contributed by atoms with Gasteiger partial charge >= 0.3 is 11.5 Å². The number of halogens is 1. The van der Waals surface area contributed by atoms with E-state index in [2.05, 4.69) is 0 Å². The van der Waals surface area contributed by atoms with Gasteiger partial charge in [0, 0.05) is 0 Å². The van der Waals surface area contributed by atoms with Crippen LogP contribution in [0.2, 0.25) is 5.02 Å². The van der Waals surface area contributed by atoms with Gasteiger partial charge in [-0.05, 0) is 26.0 Å². The summed E-state index contributed by atoms with van der Waals surface area (Å²) in [6.45, 7) is 5.90. The summed E-state index contributed by atoms with van der Waals surface area (Å²) in [5, 5.41) is 0.794. The van der Waals surface area contributed by atoms with Crippen LogP contribution >= 0.6 is 11.6 Å². The maximum Gasteiger partial charge on any atom is 0.364 e. The van der Waals surface area contributed by atoms with E-state index < -0.39 is 0 Å². The van der Waals surface area contributed by atoms with Crippen LogP contribution < -0.4 is 0 Å². The molecular weight excluding hydrogens is 220 g/mol. The van der Waals surface area contributed by atoms with Crippen LogP contribution in [0.15, 0.2) is 34.7 Å². The molecule has 0 spiro atoms. The van der Waals surface area contributed by atoms with E-state index in [-0.39, 0.29) is 0 Å². The van der Waals surface area contributed by atoms with Crippen molar-refractivity contribution in [1.29, 1.82) is 0 Å². The Labute approximate surface area is 101 Å². The van der Waals surface area contributed by atoms with Crippen LogP contribution in [0.4, 0.5) is 0 Å². The third kappa shape index (κ3) is 1.83. The number of rotatable bonds is 1. The standard InChI is InChI=1S/C14H14ClO/c1-9-11(3)16-14(10(2)13(9)15)12-7-5-4-6-8-12/h4-8H,1-3H3/q+1. The van der Waals surface area contributed by atoms with Gasteiger partial charge in [0.2, 0.25) is 0 Å². The van der Waals surface area contributed by atoms with E-state index in [0.29, 0.717) is 0 Å². The predicted molar refractivity (Wildman–Crippen MR) is 67.8 cm³/mol.